The second kappa shape index (κ2) is 8.15. The van der Waals surface area contributed by atoms with E-state index >= 15 is 0 Å². The molecule has 1 aromatic rings. The van der Waals surface area contributed by atoms with Crippen LogP contribution in [0.5, 0.6) is 0 Å². The Balaban J connectivity index is 3.01. The molecule has 1 N–H and O–H groups in total. The van der Waals surface area contributed by atoms with Gasteiger partial charge in [0.1, 0.15) is 16.7 Å². The van der Waals surface area contributed by atoms with Crippen molar-refractivity contribution in [2.45, 2.75) is 56.8 Å². The van der Waals surface area contributed by atoms with Crippen molar-refractivity contribution in [3.05, 3.63) is 22.4 Å². The summed E-state index contributed by atoms with van der Waals surface area (Å²) in [4.78, 5) is 24.0. The fourth-order valence-electron chi connectivity index (χ4n) is 1.72. The predicted octanol–water partition coefficient (Wildman–Crippen LogP) is 4.76. The van der Waals surface area contributed by atoms with Crippen LogP contribution < -0.4 is 5.32 Å². The van der Waals surface area contributed by atoms with Gasteiger partial charge in [-0.25, -0.2) is 4.39 Å². The maximum absolute atomic E-state index is 13.8. The minimum atomic E-state index is -0.563. The largest absolute Gasteiger partial charge is 0.459 e. The molecule has 0 saturated carbocycles. The van der Waals surface area contributed by atoms with Crippen molar-refractivity contribution in [2.75, 3.05) is 5.32 Å². The lowest BCUT2D eigenvalue weighted by Gasteiger charge is -2.23. The zero-order valence-electron chi connectivity index (χ0n) is 13.8. The highest BCUT2D eigenvalue weighted by Crippen LogP contribution is 2.36. The quantitative estimate of drug-likeness (QED) is 0.566. The molecule has 0 saturated heterocycles. The highest BCUT2D eigenvalue weighted by molar-refractivity contribution is 9.10. The van der Waals surface area contributed by atoms with Crippen LogP contribution >= 0.6 is 27.7 Å². The van der Waals surface area contributed by atoms with E-state index in [1.807, 2.05) is 27.7 Å². The van der Waals surface area contributed by atoms with Crippen LogP contribution in [0, 0.1) is 5.82 Å². The molecule has 4 nitrogen and oxygen atoms in total. The van der Waals surface area contributed by atoms with Crippen molar-refractivity contribution in [1.29, 1.82) is 0 Å². The van der Waals surface area contributed by atoms with Crippen molar-refractivity contribution < 1.29 is 18.7 Å². The van der Waals surface area contributed by atoms with Gasteiger partial charge in [-0.05, 0) is 55.3 Å². The van der Waals surface area contributed by atoms with E-state index in [0.29, 0.717) is 15.8 Å². The van der Waals surface area contributed by atoms with Crippen LogP contribution in [-0.4, -0.2) is 22.7 Å². The number of benzene rings is 1. The van der Waals surface area contributed by atoms with Crippen molar-refractivity contribution in [3.8, 4) is 0 Å². The molecule has 0 heterocycles. The standard InChI is InChI=1S/C16H21BrFNO3S/c1-6-13(15(21)22-16(3,4)5)23-14-8-12(19-9(2)20)11(18)7-10(14)17/h7-8,13H,6H2,1-5H3,(H,19,20). The lowest BCUT2D eigenvalue weighted by atomic mass is 10.2. The van der Waals surface area contributed by atoms with Crippen LogP contribution in [0.25, 0.3) is 0 Å². The summed E-state index contributed by atoms with van der Waals surface area (Å²) in [5.74, 6) is -1.22. The smallest absolute Gasteiger partial charge is 0.319 e. The number of thioether (sulfide) groups is 1. The zero-order valence-corrected chi connectivity index (χ0v) is 16.2. The average molecular weight is 406 g/mol. The molecule has 1 aromatic carbocycles. The summed E-state index contributed by atoms with van der Waals surface area (Å²) in [5.41, 5.74) is -0.478. The molecule has 128 valence electrons. The average Bonchev–Trinajstić information content (AvgIpc) is 2.37. The van der Waals surface area contributed by atoms with Crippen LogP contribution in [0.3, 0.4) is 0 Å². The number of rotatable bonds is 5. The normalized spacial score (nSPS) is 12.7. The van der Waals surface area contributed by atoms with Crippen LogP contribution in [0.1, 0.15) is 41.0 Å². The lowest BCUT2D eigenvalue weighted by Crippen LogP contribution is -2.30. The Bertz CT molecular complexity index is 602. The molecule has 0 bridgehead atoms. The lowest BCUT2D eigenvalue weighted by molar-refractivity contribution is -0.154. The first-order valence-corrected chi connectivity index (χ1v) is 8.87. The molecule has 0 aromatic heterocycles. The number of esters is 1. The second-order valence-corrected chi connectivity index (χ2v) is 8.09. The first-order chi connectivity index (χ1) is 10.5. The minimum absolute atomic E-state index is 0.0854. The molecular formula is C16H21BrFNO3S. The summed E-state index contributed by atoms with van der Waals surface area (Å²) < 4.78 is 19.8. The minimum Gasteiger partial charge on any atom is -0.459 e. The Kier molecular flexibility index (Phi) is 7.07. The van der Waals surface area contributed by atoms with E-state index in [2.05, 4.69) is 21.2 Å². The Morgan fingerprint density at radius 3 is 2.48 bits per heavy atom. The molecule has 0 aliphatic rings. The highest BCUT2D eigenvalue weighted by atomic mass is 79.9. The number of amides is 1. The number of nitrogens with one attached hydrogen (secondary N) is 1. The van der Waals surface area contributed by atoms with Gasteiger partial charge in [0.15, 0.2) is 0 Å². The van der Waals surface area contributed by atoms with Crippen LogP contribution in [0.4, 0.5) is 10.1 Å². The number of anilines is 1. The molecule has 0 aliphatic heterocycles. The van der Waals surface area contributed by atoms with E-state index in [9.17, 15) is 14.0 Å². The summed E-state index contributed by atoms with van der Waals surface area (Å²) in [5, 5.41) is 2.02. The third kappa shape index (κ3) is 6.51. The van der Waals surface area contributed by atoms with E-state index in [1.54, 1.807) is 0 Å². The fourth-order valence-corrected chi connectivity index (χ4v) is 3.29. The number of hydrogen-bond donors (Lipinski definition) is 1. The van der Waals surface area contributed by atoms with E-state index in [-0.39, 0.29) is 17.6 Å². The summed E-state index contributed by atoms with van der Waals surface area (Å²) in [6, 6.07) is 2.79. The Morgan fingerprint density at radius 1 is 1.39 bits per heavy atom. The molecule has 1 amide bonds. The molecule has 1 unspecified atom stereocenters. The second-order valence-electron chi connectivity index (χ2n) is 5.99. The topological polar surface area (TPSA) is 55.4 Å². The number of ether oxygens (including phenoxy) is 1. The van der Waals surface area contributed by atoms with Crippen molar-refractivity contribution in [2.24, 2.45) is 0 Å². The third-order valence-electron chi connectivity index (χ3n) is 2.64. The van der Waals surface area contributed by atoms with Gasteiger partial charge >= 0.3 is 5.97 Å². The predicted molar refractivity (Wildman–Crippen MR) is 94.2 cm³/mol. The van der Waals surface area contributed by atoms with Gasteiger partial charge in [0.05, 0.1) is 5.69 Å². The highest BCUT2D eigenvalue weighted by Gasteiger charge is 2.26. The van der Waals surface area contributed by atoms with Crippen LogP contribution in [0.2, 0.25) is 0 Å². The molecule has 1 rings (SSSR count). The molecule has 1 atom stereocenters. The van der Waals surface area contributed by atoms with E-state index in [1.165, 1.54) is 30.8 Å². The molecule has 0 spiro atoms. The van der Waals surface area contributed by atoms with Crippen molar-refractivity contribution in [3.63, 3.8) is 0 Å². The van der Waals surface area contributed by atoms with Crippen LogP contribution in [0.15, 0.2) is 21.5 Å². The maximum atomic E-state index is 13.8. The van der Waals surface area contributed by atoms with E-state index in [0.717, 1.165) is 0 Å². The Morgan fingerprint density at radius 2 is 2.00 bits per heavy atom. The van der Waals surface area contributed by atoms with Gasteiger partial charge in [0.2, 0.25) is 5.91 Å². The first-order valence-electron chi connectivity index (χ1n) is 7.19. The fraction of sp³-hybridized carbons (Fsp3) is 0.500. The Hall–Kier alpha value is -1.08. The molecule has 0 fully saturated rings. The monoisotopic (exact) mass is 405 g/mol. The van der Waals surface area contributed by atoms with Gasteiger partial charge < -0.3 is 10.1 Å². The van der Waals surface area contributed by atoms with E-state index < -0.39 is 16.7 Å². The van der Waals surface area contributed by atoms with Gasteiger partial charge in [-0.3, -0.25) is 9.59 Å². The van der Waals surface area contributed by atoms with E-state index in [4.69, 9.17) is 4.74 Å². The first kappa shape index (κ1) is 20.0. The van der Waals surface area contributed by atoms with Gasteiger partial charge in [-0.15, -0.1) is 11.8 Å². The van der Waals surface area contributed by atoms with Crippen molar-refractivity contribution in [1.82, 2.24) is 0 Å². The van der Waals surface area contributed by atoms with Gasteiger partial charge in [-0.2, -0.15) is 0 Å². The van der Waals surface area contributed by atoms with Crippen molar-refractivity contribution >= 4 is 45.3 Å². The molecular weight excluding hydrogens is 385 g/mol. The van der Waals surface area contributed by atoms with Gasteiger partial charge in [0, 0.05) is 16.3 Å². The SMILES string of the molecule is CCC(Sc1cc(NC(C)=O)c(F)cc1Br)C(=O)OC(C)(C)C. The number of carbonyl (C=O) groups excluding carboxylic acids is 2. The number of carbonyl (C=O) groups is 2. The maximum Gasteiger partial charge on any atom is 0.319 e. The summed E-state index contributed by atoms with van der Waals surface area (Å²) in [6.45, 7) is 8.62. The van der Waals surface area contributed by atoms with Gasteiger partial charge in [0.25, 0.3) is 0 Å². The van der Waals surface area contributed by atoms with Crippen LogP contribution in [-0.2, 0) is 14.3 Å². The summed E-state index contributed by atoms with van der Waals surface area (Å²) in [6.07, 6.45) is 0.568. The molecule has 23 heavy (non-hydrogen) atoms. The number of halogens is 2. The summed E-state index contributed by atoms with van der Waals surface area (Å²) >= 11 is 4.56. The molecule has 0 radical (unpaired) electrons. The summed E-state index contributed by atoms with van der Waals surface area (Å²) in [7, 11) is 0. The molecule has 0 aliphatic carbocycles. The number of hydrogen-bond acceptors (Lipinski definition) is 4. The zero-order chi connectivity index (χ0) is 17.8. The molecule has 7 heteroatoms. The third-order valence-corrected chi connectivity index (χ3v) is 4.96. The Labute approximate surface area is 148 Å². The van der Waals surface area contributed by atoms with Gasteiger partial charge in [-0.1, -0.05) is 6.92 Å².